The third-order valence-corrected chi connectivity index (χ3v) is 3.35. The molecule has 1 heterocycles. The molecule has 0 aromatic heterocycles. The van der Waals surface area contributed by atoms with E-state index in [4.69, 9.17) is 5.11 Å². The predicted molar refractivity (Wildman–Crippen MR) is 67.6 cm³/mol. The SMILES string of the molecule is CC(C(=O)Nc1ccccc1C(=O)O)C1CNC1. The summed E-state index contributed by atoms with van der Waals surface area (Å²) < 4.78 is 0. The molecule has 1 saturated heterocycles. The van der Waals surface area contributed by atoms with E-state index in [0.29, 0.717) is 11.6 Å². The number of carbonyl (C=O) groups is 2. The highest BCUT2D eigenvalue weighted by molar-refractivity contribution is 6.01. The second kappa shape index (κ2) is 5.18. The van der Waals surface area contributed by atoms with E-state index >= 15 is 0 Å². The zero-order valence-electron chi connectivity index (χ0n) is 10.1. The minimum absolute atomic E-state index is 0.116. The van der Waals surface area contributed by atoms with E-state index in [-0.39, 0.29) is 17.4 Å². The minimum Gasteiger partial charge on any atom is -0.478 e. The predicted octanol–water partition coefficient (Wildman–Crippen LogP) is 1.18. The standard InChI is InChI=1S/C13H16N2O3/c1-8(9-6-14-7-9)12(16)15-11-5-3-2-4-10(11)13(17)18/h2-5,8-9,14H,6-7H2,1H3,(H,15,16)(H,17,18). The summed E-state index contributed by atoms with van der Waals surface area (Å²) in [5.74, 6) is -0.950. The molecule has 1 aliphatic rings. The van der Waals surface area contributed by atoms with Crippen molar-refractivity contribution in [2.75, 3.05) is 18.4 Å². The second-order valence-corrected chi connectivity index (χ2v) is 4.55. The van der Waals surface area contributed by atoms with Crippen molar-refractivity contribution in [3.05, 3.63) is 29.8 Å². The lowest BCUT2D eigenvalue weighted by Gasteiger charge is -2.31. The van der Waals surface area contributed by atoms with Gasteiger partial charge in [-0.1, -0.05) is 19.1 Å². The van der Waals surface area contributed by atoms with Crippen molar-refractivity contribution in [3.63, 3.8) is 0 Å². The molecule has 1 aromatic carbocycles. The molecule has 2 rings (SSSR count). The van der Waals surface area contributed by atoms with Crippen LogP contribution in [0.3, 0.4) is 0 Å². The van der Waals surface area contributed by atoms with Gasteiger partial charge in [-0.05, 0) is 31.1 Å². The number of carboxylic acids is 1. The topological polar surface area (TPSA) is 78.4 Å². The largest absolute Gasteiger partial charge is 0.478 e. The van der Waals surface area contributed by atoms with E-state index in [0.717, 1.165) is 13.1 Å². The van der Waals surface area contributed by atoms with Crippen molar-refractivity contribution in [3.8, 4) is 0 Å². The molecule has 1 aromatic rings. The van der Waals surface area contributed by atoms with Crippen LogP contribution < -0.4 is 10.6 Å². The number of hydrogen-bond acceptors (Lipinski definition) is 3. The molecule has 96 valence electrons. The van der Waals surface area contributed by atoms with E-state index in [9.17, 15) is 9.59 Å². The van der Waals surface area contributed by atoms with Gasteiger partial charge in [0, 0.05) is 5.92 Å². The second-order valence-electron chi connectivity index (χ2n) is 4.55. The Labute approximate surface area is 105 Å². The number of benzene rings is 1. The Balaban J connectivity index is 2.08. The Morgan fingerprint density at radius 3 is 2.61 bits per heavy atom. The summed E-state index contributed by atoms with van der Waals surface area (Å²) in [5.41, 5.74) is 0.471. The Bertz CT molecular complexity index is 469. The van der Waals surface area contributed by atoms with Crippen LogP contribution in [-0.2, 0) is 4.79 Å². The molecule has 1 unspecified atom stereocenters. The number of carboxylic acid groups (broad SMARTS) is 1. The Kier molecular flexibility index (Phi) is 3.62. The molecule has 3 N–H and O–H groups in total. The van der Waals surface area contributed by atoms with Crippen LogP contribution in [0.1, 0.15) is 17.3 Å². The number of nitrogens with one attached hydrogen (secondary N) is 2. The molecule has 0 aliphatic carbocycles. The fraction of sp³-hybridized carbons (Fsp3) is 0.385. The van der Waals surface area contributed by atoms with Crippen LogP contribution in [0, 0.1) is 11.8 Å². The minimum atomic E-state index is -1.04. The van der Waals surface area contributed by atoms with Crippen LogP contribution in [0.25, 0.3) is 0 Å². The van der Waals surface area contributed by atoms with Crippen molar-refractivity contribution in [1.29, 1.82) is 0 Å². The molecule has 1 fully saturated rings. The van der Waals surface area contributed by atoms with Gasteiger partial charge >= 0.3 is 5.97 Å². The van der Waals surface area contributed by atoms with Crippen molar-refractivity contribution in [1.82, 2.24) is 5.32 Å². The average molecular weight is 248 g/mol. The third-order valence-electron chi connectivity index (χ3n) is 3.35. The maximum Gasteiger partial charge on any atom is 0.337 e. The zero-order chi connectivity index (χ0) is 13.1. The first-order valence-corrected chi connectivity index (χ1v) is 5.93. The van der Waals surface area contributed by atoms with Gasteiger partial charge in [0.15, 0.2) is 0 Å². The van der Waals surface area contributed by atoms with Crippen molar-refractivity contribution < 1.29 is 14.7 Å². The third kappa shape index (κ3) is 2.51. The van der Waals surface area contributed by atoms with E-state index in [1.807, 2.05) is 6.92 Å². The maximum atomic E-state index is 12.0. The lowest BCUT2D eigenvalue weighted by atomic mass is 9.88. The van der Waals surface area contributed by atoms with Gasteiger partial charge in [0.1, 0.15) is 0 Å². The summed E-state index contributed by atoms with van der Waals surface area (Å²) in [6, 6.07) is 6.43. The number of anilines is 1. The van der Waals surface area contributed by atoms with Gasteiger partial charge in [-0.3, -0.25) is 4.79 Å². The van der Waals surface area contributed by atoms with Gasteiger partial charge in [-0.2, -0.15) is 0 Å². The fourth-order valence-electron chi connectivity index (χ4n) is 1.90. The van der Waals surface area contributed by atoms with E-state index in [2.05, 4.69) is 10.6 Å². The van der Waals surface area contributed by atoms with Gasteiger partial charge in [-0.25, -0.2) is 4.79 Å². The van der Waals surface area contributed by atoms with E-state index < -0.39 is 5.97 Å². The molecule has 1 atom stereocenters. The number of aromatic carboxylic acids is 1. The Hall–Kier alpha value is -1.88. The fourth-order valence-corrected chi connectivity index (χ4v) is 1.90. The van der Waals surface area contributed by atoms with Crippen molar-refractivity contribution >= 4 is 17.6 Å². The number of para-hydroxylation sites is 1. The normalized spacial score (nSPS) is 16.7. The van der Waals surface area contributed by atoms with Crippen LogP contribution in [0.15, 0.2) is 24.3 Å². The lowest BCUT2D eigenvalue weighted by molar-refractivity contribution is -0.121. The van der Waals surface area contributed by atoms with Gasteiger partial charge in [0.25, 0.3) is 0 Å². The molecule has 0 spiro atoms. The van der Waals surface area contributed by atoms with Crippen LogP contribution in [0.5, 0.6) is 0 Å². The van der Waals surface area contributed by atoms with Crippen molar-refractivity contribution in [2.45, 2.75) is 6.92 Å². The van der Waals surface area contributed by atoms with Crippen LogP contribution in [-0.4, -0.2) is 30.1 Å². The number of carbonyl (C=O) groups excluding carboxylic acids is 1. The summed E-state index contributed by atoms with van der Waals surface area (Å²) in [4.78, 5) is 23.0. The van der Waals surface area contributed by atoms with E-state index in [1.54, 1.807) is 18.2 Å². The number of amides is 1. The Morgan fingerprint density at radius 2 is 2.06 bits per heavy atom. The molecule has 1 amide bonds. The summed E-state index contributed by atoms with van der Waals surface area (Å²) in [7, 11) is 0. The summed E-state index contributed by atoms with van der Waals surface area (Å²) in [5, 5.41) is 14.8. The first kappa shape index (κ1) is 12.6. The van der Waals surface area contributed by atoms with Crippen LogP contribution >= 0.6 is 0 Å². The first-order chi connectivity index (χ1) is 8.59. The monoisotopic (exact) mass is 248 g/mol. The molecular formula is C13H16N2O3. The molecule has 1 aliphatic heterocycles. The highest BCUT2D eigenvalue weighted by atomic mass is 16.4. The molecule has 5 nitrogen and oxygen atoms in total. The highest BCUT2D eigenvalue weighted by Gasteiger charge is 2.29. The van der Waals surface area contributed by atoms with Gasteiger partial charge < -0.3 is 15.7 Å². The average Bonchev–Trinajstić information content (AvgIpc) is 2.27. The van der Waals surface area contributed by atoms with Crippen LogP contribution in [0.2, 0.25) is 0 Å². The number of hydrogen-bond donors (Lipinski definition) is 3. The number of rotatable bonds is 4. The van der Waals surface area contributed by atoms with Crippen LogP contribution in [0.4, 0.5) is 5.69 Å². The quantitative estimate of drug-likeness (QED) is 0.747. The molecule has 0 radical (unpaired) electrons. The molecule has 0 bridgehead atoms. The summed E-state index contributed by atoms with van der Waals surface area (Å²) >= 11 is 0. The summed E-state index contributed by atoms with van der Waals surface area (Å²) in [6.45, 7) is 3.55. The van der Waals surface area contributed by atoms with Gasteiger partial charge in [-0.15, -0.1) is 0 Å². The molecule has 0 saturated carbocycles. The highest BCUT2D eigenvalue weighted by Crippen LogP contribution is 2.20. The van der Waals surface area contributed by atoms with Gasteiger partial charge in [0.2, 0.25) is 5.91 Å². The first-order valence-electron chi connectivity index (χ1n) is 5.93. The molecule has 5 heteroatoms. The molecular weight excluding hydrogens is 232 g/mol. The molecule has 18 heavy (non-hydrogen) atoms. The maximum absolute atomic E-state index is 12.0. The summed E-state index contributed by atoms with van der Waals surface area (Å²) in [6.07, 6.45) is 0. The zero-order valence-corrected chi connectivity index (χ0v) is 10.1. The Morgan fingerprint density at radius 1 is 1.39 bits per heavy atom. The van der Waals surface area contributed by atoms with Gasteiger partial charge in [0.05, 0.1) is 11.3 Å². The van der Waals surface area contributed by atoms with Crippen molar-refractivity contribution in [2.24, 2.45) is 11.8 Å². The smallest absolute Gasteiger partial charge is 0.337 e. The lowest BCUT2D eigenvalue weighted by Crippen LogP contribution is -2.48. The van der Waals surface area contributed by atoms with E-state index in [1.165, 1.54) is 6.07 Å².